The van der Waals surface area contributed by atoms with Gasteiger partial charge in [-0.3, -0.25) is 14.4 Å². The van der Waals surface area contributed by atoms with Crippen molar-refractivity contribution in [2.45, 2.75) is 49.5 Å². The molecule has 0 aliphatic carbocycles. The highest BCUT2D eigenvalue weighted by atomic mass is 32.2. The SMILES string of the molecule is Cc1cc(NC(=O)c2c3c(cn2C)S(=O)(=O)NC2CCN(C(=O)C(=O)N[C@H](C)C(F)(F)F)CC2O3)ccc1F. The lowest BCUT2D eigenvalue weighted by Crippen LogP contribution is -2.59. The number of aryl methyl sites for hydroxylation is 2. The maximum atomic E-state index is 13.6. The molecule has 212 valence electrons. The van der Waals surface area contributed by atoms with E-state index < -0.39 is 57.9 Å². The summed E-state index contributed by atoms with van der Waals surface area (Å²) in [5.41, 5.74) is 0.332. The molecule has 0 radical (unpaired) electrons. The van der Waals surface area contributed by atoms with Crippen LogP contribution in [-0.4, -0.2) is 73.1 Å². The van der Waals surface area contributed by atoms with Crippen LogP contribution in [0, 0.1) is 12.7 Å². The third kappa shape index (κ3) is 5.71. The normalized spacial score (nSPS) is 21.1. The van der Waals surface area contributed by atoms with Gasteiger partial charge in [-0.15, -0.1) is 0 Å². The Bertz CT molecular complexity index is 1440. The minimum atomic E-state index is -4.75. The third-order valence-electron chi connectivity index (χ3n) is 6.48. The molecular weight excluding hydrogens is 550 g/mol. The number of hydrogen-bond acceptors (Lipinski definition) is 6. The summed E-state index contributed by atoms with van der Waals surface area (Å²) >= 11 is 0. The Morgan fingerprint density at radius 1 is 1.23 bits per heavy atom. The quantitative estimate of drug-likeness (QED) is 0.374. The molecule has 2 unspecified atom stereocenters. The van der Waals surface area contributed by atoms with E-state index in [4.69, 9.17) is 4.74 Å². The summed E-state index contributed by atoms with van der Waals surface area (Å²) < 4.78 is 87.9. The fourth-order valence-corrected chi connectivity index (χ4v) is 5.79. The molecule has 3 N–H and O–H groups in total. The zero-order valence-corrected chi connectivity index (χ0v) is 21.7. The van der Waals surface area contributed by atoms with Gasteiger partial charge in [0.25, 0.3) is 5.91 Å². The van der Waals surface area contributed by atoms with Crippen molar-refractivity contribution >= 4 is 33.4 Å². The molecule has 16 heteroatoms. The Hall–Kier alpha value is -3.66. The number of piperidine rings is 1. The number of rotatable bonds is 3. The molecule has 1 saturated heterocycles. The van der Waals surface area contributed by atoms with E-state index in [-0.39, 0.29) is 47.1 Å². The van der Waals surface area contributed by atoms with Gasteiger partial charge in [-0.2, -0.15) is 13.2 Å². The minimum Gasteiger partial charge on any atom is -0.483 e. The molecule has 3 heterocycles. The molecule has 2 aliphatic heterocycles. The molecule has 3 amide bonds. The lowest BCUT2D eigenvalue weighted by atomic mass is 10.0. The smallest absolute Gasteiger partial charge is 0.408 e. The molecule has 2 aromatic rings. The second-order valence-corrected chi connectivity index (χ2v) is 11.0. The predicted octanol–water partition coefficient (Wildman–Crippen LogP) is 1.43. The van der Waals surface area contributed by atoms with Crippen LogP contribution < -0.4 is 20.1 Å². The largest absolute Gasteiger partial charge is 0.483 e. The number of amides is 3. The molecule has 4 rings (SSSR count). The zero-order valence-electron chi connectivity index (χ0n) is 20.9. The number of halogens is 4. The van der Waals surface area contributed by atoms with E-state index in [1.54, 1.807) is 5.32 Å². The van der Waals surface area contributed by atoms with E-state index in [1.807, 2.05) is 0 Å². The monoisotopic (exact) mass is 575 g/mol. The van der Waals surface area contributed by atoms with Crippen molar-refractivity contribution in [2.75, 3.05) is 18.4 Å². The first-order valence-corrected chi connectivity index (χ1v) is 13.2. The molecule has 1 aromatic heterocycles. The summed E-state index contributed by atoms with van der Waals surface area (Å²) in [7, 11) is -2.77. The molecular formula is C23H25F4N5O6S. The molecule has 0 spiro atoms. The molecule has 1 fully saturated rings. The van der Waals surface area contributed by atoms with E-state index in [1.165, 1.54) is 36.9 Å². The van der Waals surface area contributed by atoms with Crippen molar-refractivity contribution in [3.8, 4) is 5.75 Å². The molecule has 2 aliphatic rings. The Labute approximate surface area is 220 Å². The number of fused-ring (bicyclic) bond motifs is 2. The third-order valence-corrected chi connectivity index (χ3v) is 7.96. The number of alkyl halides is 3. The summed E-state index contributed by atoms with van der Waals surface area (Å²) in [5.74, 6) is -4.26. The lowest BCUT2D eigenvalue weighted by Gasteiger charge is -2.37. The highest BCUT2D eigenvalue weighted by Crippen LogP contribution is 2.36. The van der Waals surface area contributed by atoms with Gasteiger partial charge >= 0.3 is 18.0 Å². The summed E-state index contributed by atoms with van der Waals surface area (Å²) in [5, 5.41) is 4.17. The number of nitrogens with one attached hydrogen (secondary N) is 3. The number of hydrogen-bond donors (Lipinski definition) is 3. The van der Waals surface area contributed by atoms with Crippen molar-refractivity contribution in [3.05, 3.63) is 41.5 Å². The van der Waals surface area contributed by atoms with Gasteiger partial charge in [0.15, 0.2) is 11.4 Å². The Morgan fingerprint density at radius 2 is 1.92 bits per heavy atom. The maximum absolute atomic E-state index is 13.6. The zero-order chi connectivity index (χ0) is 28.9. The fraction of sp³-hybridized carbons (Fsp3) is 0.435. The van der Waals surface area contributed by atoms with Crippen molar-refractivity contribution in [1.29, 1.82) is 0 Å². The minimum absolute atomic E-state index is 0.00940. The highest BCUT2D eigenvalue weighted by Gasteiger charge is 2.44. The average molecular weight is 576 g/mol. The Morgan fingerprint density at radius 3 is 2.56 bits per heavy atom. The van der Waals surface area contributed by atoms with Gasteiger partial charge in [-0.05, 0) is 44.0 Å². The van der Waals surface area contributed by atoms with Gasteiger partial charge in [-0.1, -0.05) is 0 Å². The number of carbonyl (C=O) groups is 3. The summed E-state index contributed by atoms with van der Waals surface area (Å²) in [6, 6.07) is 0.756. The average Bonchev–Trinajstić information content (AvgIpc) is 3.12. The molecule has 11 nitrogen and oxygen atoms in total. The summed E-state index contributed by atoms with van der Waals surface area (Å²) in [4.78, 5) is 38.5. The molecule has 1 aromatic carbocycles. The predicted molar refractivity (Wildman–Crippen MR) is 128 cm³/mol. The van der Waals surface area contributed by atoms with Crippen LogP contribution in [0.2, 0.25) is 0 Å². The van der Waals surface area contributed by atoms with Gasteiger partial charge < -0.3 is 24.8 Å². The van der Waals surface area contributed by atoms with Crippen LogP contribution in [0.4, 0.5) is 23.2 Å². The number of anilines is 1. The molecule has 0 saturated carbocycles. The number of sulfonamides is 1. The maximum Gasteiger partial charge on any atom is 0.408 e. The van der Waals surface area contributed by atoms with E-state index in [0.29, 0.717) is 6.92 Å². The lowest BCUT2D eigenvalue weighted by molar-refractivity contribution is -0.163. The summed E-state index contributed by atoms with van der Waals surface area (Å²) in [6.45, 7) is 1.72. The van der Waals surface area contributed by atoms with Crippen LogP contribution in [0.3, 0.4) is 0 Å². The van der Waals surface area contributed by atoms with Gasteiger partial charge in [0.2, 0.25) is 10.0 Å². The number of nitrogens with zero attached hydrogens (tertiary/aromatic N) is 2. The Kier molecular flexibility index (Phi) is 7.37. The van der Waals surface area contributed by atoms with Crippen molar-refractivity contribution in [2.24, 2.45) is 7.05 Å². The van der Waals surface area contributed by atoms with Gasteiger partial charge in [0.05, 0.1) is 12.6 Å². The number of likely N-dealkylation sites (tertiary alicyclic amines) is 1. The van der Waals surface area contributed by atoms with E-state index in [2.05, 4.69) is 10.0 Å². The highest BCUT2D eigenvalue weighted by molar-refractivity contribution is 7.89. The second kappa shape index (κ2) is 10.1. The van der Waals surface area contributed by atoms with Crippen LogP contribution in [0.15, 0.2) is 29.3 Å². The fourth-order valence-electron chi connectivity index (χ4n) is 4.31. The van der Waals surface area contributed by atoms with E-state index in [0.717, 1.165) is 11.0 Å². The first-order valence-electron chi connectivity index (χ1n) is 11.7. The number of benzene rings is 1. The standard InChI is InChI=1S/C23H25F4N5O6S/c1-11-8-13(4-5-14(11)24)29-20(33)18-19-17(10-31(18)3)39(36,37)30-15-6-7-32(9-16(15)38-19)22(35)21(34)28-12(2)23(25,26)27/h4-5,8,10,12,15-16,30H,6-7,9H2,1-3H3,(H,28,34)(H,29,33)/t12-,15?,16?/m1/s1. The topological polar surface area (TPSA) is 139 Å². The number of ether oxygens (including phenoxy) is 1. The van der Waals surface area contributed by atoms with Gasteiger partial charge in [0.1, 0.15) is 22.9 Å². The van der Waals surface area contributed by atoms with Crippen LogP contribution in [0.25, 0.3) is 0 Å². The van der Waals surface area contributed by atoms with Crippen molar-refractivity contribution in [1.82, 2.24) is 19.5 Å². The first-order chi connectivity index (χ1) is 18.1. The van der Waals surface area contributed by atoms with E-state index in [9.17, 15) is 40.4 Å². The van der Waals surface area contributed by atoms with Crippen molar-refractivity contribution < 1.29 is 45.1 Å². The molecule has 39 heavy (non-hydrogen) atoms. The van der Waals surface area contributed by atoms with Crippen LogP contribution in [0.5, 0.6) is 5.75 Å². The van der Waals surface area contributed by atoms with Crippen LogP contribution in [0.1, 0.15) is 29.4 Å². The Balaban J connectivity index is 1.59. The molecule has 3 atom stereocenters. The first kappa shape index (κ1) is 28.4. The van der Waals surface area contributed by atoms with E-state index >= 15 is 0 Å². The van der Waals surface area contributed by atoms with Crippen LogP contribution >= 0.6 is 0 Å². The van der Waals surface area contributed by atoms with Gasteiger partial charge in [-0.25, -0.2) is 17.5 Å². The van der Waals surface area contributed by atoms with Gasteiger partial charge in [0, 0.05) is 25.5 Å². The van der Waals surface area contributed by atoms with Crippen molar-refractivity contribution in [3.63, 3.8) is 0 Å². The second-order valence-electron chi connectivity index (χ2n) is 9.36. The number of carbonyl (C=O) groups excluding carboxylic acids is 3. The number of aromatic nitrogens is 1. The summed E-state index contributed by atoms with van der Waals surface area (Å²) in [6.07, 6.45) is -4.66. The van der Waals surface area contributed by atoms with Crippen LogP contribution in [-0.2, 0) is 26.7 Å². The molecule has 0 bridgehead atoms.